The minimum Gasteiger partial charge on any atom is -0.159 e. The lowest BCUT2D eigenvalue weighted by molar-refractivity contribution is 0.621. The zero-order valence-corrected chi connectivity index (χ0v) is 9.46. The average molecular weight is 207 g/mol. The molecule has 0 nitrogen and oxygen atoms in total. The lowest BCUT2D eigenvalue weighted by Crippen LogP contribution is -2.03. The van der Waals surface area contributed by atoms with Crippen molar-refractivity contribution >= 4 is 23.4 Å². The maximum atomic E-state index is 5.68. The van der Waals surface area contributed by atoms with Crippen molar-refractivity contribution in [1.29, 1.82) is 0 Å². The minimum atomic E-state index is 0.767. The largest absolute Gasteiger partial charge is 0.159 e. The van der Waals surface area contributed by atoms with Crippen LogP contribution in [0.5, 0.6) is 0 Å². The predicted octanol–water partition coefficient (Wildman–Crippen LogP) is 3.93. The Morgan fingerprint density at radius 3 is 2.67 bits per heavy atom. The first-order valence-electron chi connectivity index (χ1n) is 5.00. The fourth-order valence-electron chi connectivity index (χ4n) is 1.71. The summed E-state index contributed by atoms with van der Waals surface area (Å²) in [5.74, 6) is 3.21. The molecule has 0 amide bonds. The fourth-order valence-corrected chi connectivity index (χ4v) is 3.39. The Morgan fingerprint density at radius 1 is 1.42 bits per heavy atom. The van der Waals surface area contributed by atoms with Gasteiger partial charge in [-0.2, -0.15) is 11.8 Å². The van der Waals surface area contributed by atoms with E-state index in [0.29, 0.717) is 0 Å². The van der Waals surface area contributed by atoms with Gasteiger partial charge in [0.2, 0.25) is 0 Å². The molecule has 0 heterocycles. The third-order valence-corrected chi connectivity index (χ3v) is 4.29. The Kier molecular flexibility index (Phi) is 5.49. The molecule has 0 radical (unpaired) electrons. The van der Waals surface area contributed by atoms with Crippen molar-refractivity contribution in [3.8, 4) is 0 Å². The van der Waals surface area contributed by atoms with E-state index in [1.807, 2.05) is 0 Å². The molecule has 72 valence electrons. The molecule has 12 heavy (non-hydrogen) atoms. The van der Waals surface area contributed by atoms with E-state index in [1.165, 1.54) is 37.9 Å². The van der Waals surface area contributed by atoms with Crippen LogP contribution in [0.2, 0.25) is 0 Å². The van der Waals surface area contributed by atoms with Gasteiger partial charge in [0.15, 0.2) is 0 Å². The molecule has 1 unspecified atom stereocenters. The molecule has 0 aromatic carbocycles. The van der Waals surface area contributed by atoms with E-state index in [-0.39, 0.29) is 0 Å². The van der Waals surface area contributed by atoms with Crippen LogP contribution in [0.3, 0.4) is 0 Å². The molecule has 1 aliphatic carbocycles. The quantitative estimate of drug-likeness (QED) is 0.615. The molecule has 1 saturated carbocycles. The van der Waals surface area contributed by atoms with Gasteiger partial charge < -0.3 is 0 Å². The lowest BCUT2D eigenvalue weighted by Gasteiger charge is -2.12. The highest BCUT2D eigenvalue weighted by atomic mass is 35.5. The summed E-state index contributed by atoms with van der Waals surface area (Å²) in [6.07, 6.45) is 7.05. The van der Waals surface area contributed by atoms with Crippen molar-refractivity contribution in [1.82, 2.24) is 0 Å². The SMILES string of the molecule is CC(CCCl)SCC1CCCC1. The highest BCUT2D eigenvalue weighted by molar-refractivity contribution is 7.99. The first kappa shape index (κ1) is 10.7. The first-order valence-corrected chi connectivity index (χ1v) is 6.59. The first-order chi connectivity index (χ1) is 5.83. The molecule has 0 saturated heterocycles. The highest BCUT2D eigenvalue weighted by Crippen LogP contribution is 2.29. The zero-order valence-electron chi connectivity index (χ0n) is 7.89. The van der Waals surface area contributed by atoms with Crippen LogP contribution >= 0.6 is 23.4 Å². The Labute approximate surface area is 85.4 Å². The number of alkyl halides is 1. The second-order valence-electron chi connectivity index (χ2n) is 3.77. The van der Waals surface area contributed by atoms with Gasteiger partial charge in [-0.15, -0.1) is 11.6 Å². The molecule has 0 N–H and O–H groups in total. The van der Waals surface area contributed by atoms with Gasteiger partial charge in [-0.3, -0.25) is 0 Å². The van der Waals surface area contributed by atoms with Crippen LogP contribution in [-0.4, -0.2) is 16.9 Å². The Morgan fingerprint density at radius 2 is 2.08 bits per heavy atom. The van der Waals surface area contributed by atoms with Crippen LogP contribution in [0.15, 0.2) is 0 Å². The summed E-state index contributed by atoms with van der Waals surface area (Å²) in [5, 5.41) is 0.767. The van der Waals surface area contributed by atoms with Crippen molar-refractivity contribution in [3.05, 3.63) is 0 Å². The van der Waals surface area contributed by atoms with Gasteiger partial charge in [-0.05, 0) is 30.9 Å². The van der Waals surface area contributed by atoms with Gasteiger partial charge in [-0.25, -0.2) is 0 Å². The normalized spacial score (nSPS) is 21.5. The second kappa shape index (κ2) is 6.15. The van der Waals surface area contributed by atoms with E-state index >= 15 is 0 Å². The molecule has 1 aliphatic rings. The van der Waals surface area contributed by atoms with E-state index < -0.39 is 0 Å². The third kappa shape index (κ3) is 4.04. The van der Waals surface area contributed by atoms with Gasteiger partial charge in [0.25, 0.3) is 0 Å². The second-order valence-corrected chi connectivity index (χ2v) is 5.62. The average Bonchev–Trinajstić information content (AvgIpc) is 2.53. The Balaban J connectivity index is 1.99. The third-order valence-electron chi connectivity index (χ3n) is 2.61. The Bertz CT molecular complexity index is 110. The maximum absolute atomic E-state index is 5.68. The van der Waals surface area contributed by atoms with Gasteiger partial charge >= 0.3 is 0 Å². The maximum Gasteiger partial charge on any atom is 0.0233 e. The van der Waals surface area contributed by atoms with Crippen LogP contribution in [0, 0.1) is 5.92 Å². The molecule has 1 rings (SSSR count). The van der Waals surface area contributed by atoms with Gasteiger partial charge in [0, 0.05) is 11.1 Å². The topological polar surface area (TPSA) is 0 Å². The summed E-state index contributed by atoms with van der Waals surface area (Å²) in [4.78, 5) is 0. The predicted molar refractivity (Wildman–Crippen MR) is 59.2 cm³/mol. The lowest BCUT2D eigenvalue weighted by atomic mass is 10.1. The zero-order chi connectivity index (χ0) is 8.81. The number of halogens is 1. The number of hydrogen-bond acceptors (Lipinski definition) is 1. The summed E-state index contributed by atoms with van der Waals surface area (Å²) < 4.78 is 0. The van der Waals surface area contributed by atoms with Crippen molar-refractivity contribution in [2.75, 3.05) is 11.6 Å². The van der Waals surface area contributed by atoms with Crippen LogP contribution in [-0.2, 0) is 0 Å². The molecule has 0 aromatic rings. The molecular weight excluding hydrogens is 188 g/mol. The van der Waals surface area contributed by atoms with Crippen molar-refractivity contribution in [3.63, 3.8) is 0 Å². The molecule has 0 aliphatic heterocycles. The number of rotatable bonds is 5. The van der Waals surface area contributed by atoms with Crippen LogP contribution in [0.25, 0.3) is 0 Å². The molecular formula is C10H19ClS. The van der Waals surface area contributed by atoms with E-state index in [0.717, 1.165) is 17.0 Å². The summed E-state index contributed by atoms with van der Waals surface area (Å²) in [5.41, 5.74) is 0. The molecule has 1 fully saturated rings. The van der Waals surface area contributed by atoms with Crippen molar-refractivity contribution in [2.24, 2.45) is 5.92 Å². The van der Waals surface area contributed by atoms with Crippen molar-refractivity contribution in [2.45, 2.75) is 44.3 Å². The summed E-state index contributed by atoms with van der Waals surface area (Å²) in [6.45, 7) is 2.29. The summed E-state index contributed by atoms with van der Waals surface area (Å²) >= 11 is 7.79. The van der Waals surface area contributed by atoms with Crippen molar-refractivity contribution < 1.29 is 0 Å². The monoisotopic (exact) mass is 206 g/mol. The molecule has 0 bridgehead atoms. The summed E-state index contributed by atoms with van der Waals surface area (Å²) in [6, 6.07) is 0. The van der Waals surface area contributed by atoms with Crippen LogP contribution < -0.4 is 0 Å². The Hall–Kier alpha value is 0.640. The molecule has 0 spiro atoms. The summed E-state index contributed by atoms with van der Waals surface area (Å²) in [7, 11) is 0. The smallest absolute Gasteiger partial charge is 0.0233 e. The molecule has 1 atom stereocenters. The highest BCUT2D eigenvalue weighted by Gasteiger charge is 2.15. The van der Waals surface area contributed by atoms with Gasteiger partial charge in [-0.1, -0.05) is 19.8 Å². The van der Waals surface area contributed by atoms with Crippen LogP contribution in [0.4, 0.5) is 0 Å². The minimum absolute atomic E-state index is 0.767. The van der Waals surface area contributed by atoms with Gasteiger partial charge in [0.1, 0.15) is 0 Å². The van der Waals surface area contributed by atoms with E-state index in [1.54, 1.807) is 0 Å². The van der Waals surface area contributed by atoms with E-state index in [2.05, 4.69) is 18.7 Å². The fraction of sp³-hybridized carbons (Fsp3) is 1.00. The van der Waals surface area contributed by atoms with Crippen LogP contribution in [0.1, 0.15) is 39.0 Å². The standard InChI is InChI=1S/C10H19ClS/c1-9(6-7-11)12-8-10-4-2-3-5-10/h9-10H,2-8H2,1H3. The molecule has 0 aromatic heterocycles. The number of hydrogen-bond donors (Lipinski definition) is 0. The molecule has 2 heteroatoms. The van der Waals surface area contributed by atoms with E-state index in [9.17, 15) is 0 Å². The van der Waals surface area contributed by atoms with Gasteiger partial charge in [0.05, 0.1) is 0 Å². The number of thioether (sulfide) groups is 1. The van der Waals surface area contributed by atoms with E-state index in [4.69, 9.17) is 11.6 Å².